The van der Waals surface area contributed by atoms with Crippen molar-refractivity contribution in [3.63, 3.8) is 0 Å². The molecule has 18 heavy (non-hydrogen) atoms. The molecule has 0 saturated carbocycles. The van der Waals surface area contributed by atoms with Crippen LogP contribution in [0.1, 0.15) is 32.5 Å². The third-order valence-corrected chi connectivity index (χ3v) is 3.59. The minimum Gasteiger partial charge on any atom is -0.312 e. The van der Waals surface area contributed by atoms with Crippen LogP contribution in [0, 0.1) is 5.92 Å². The Morgan fingerprint density at radius 2 is 2.22 bits per heavy atom. The largest absolute Gasteiger partial charge is 0.312 e. The van der Waals surface area contributed by atoms with E-state index in [1.807, 2.05) is 6.07 Å². The number of halogens is 2. The van der Waals surface area contributed by atoms with Gasteiger partial charge in [0, 0.05) is 17.2 Å². The van der Waals surface area contributed by atoms with Crippen molar-refractivity contribution >= 4 is 38.7 Å². The molecule has 0 aliphatic heterocycles. The molecule has 0 aromatic carbocycles. The molecular formula is C13H17BrClN3. The van der Waals surface area contributed by atoms with Crippen molar-refractivity contribution < 1.29 is 0 Å². The number of fused-ring (bicyclic) bond motifs is 1. The van der Waals surface area contributed by atoms with Crippen LogP contribution < -0.4 is 0 Å². The minimum absolute atomic E-state index is 0.426. The molecule has 0 fully saturated rings. The van der Waals surface area contributed by atoms with Crippen molar-refractivity contribution in [1.29, 1.82) is 0 Å². The van der Waals surface area contributed by atoms with Crippen molar-refractivity contribution in [2.24, 2.45) is 5.92 Å². The number of alkyl halides is 1. The first-order valence-electron chi connectivity index (χ1n) is 6.18. The summed E-state index contributed by atoms with van der Waals surface area (Å²) >= 11 is 9.38. The first-order valence-corrected chi connectivity index (χ1v) is 7.51. The quantitative estimate of drug-likeness (QED) is 0.762. The zero-order valence-electron chi connectivity index (χ0n) is 10.7. The summed E-state index contributed by atoms with van der Waals surface area (Å²) in [6.07, 6.45) is 4.14. The van der Waals surface area contributed by atoms with E-state index in [0.717, 1.165) is 40.3 Å². The van der Waals surface area contributed by atoms with Crippen LogP contribution >= 0.6 is 27.5 Å². The van der Waals surface area contributed by atoms with Gasteiger partial charge in [-0.25, -0.2) is 9.97 Å². The fourth-order valence-corrected chi connectivity index (χ4v) is 2.55. The van der Waals surface area contributed by atoms with Crippen molar-refractivity contribution in [1.82, 2.24) is 14.5 Å². The minimum atomic E-state index is 0.426. The molecule has 3 nitrogen and oxygen atoms in total. The highest BCUT2D eigenvalue weighted by Gasteiger charge is 2.11. The van der Waals surface area contributed by atoms with E-state index in [1.165, 1.54) is 6.42 Å². The summed E-state index contributed by atoms with van der Waals surface area (Å²) in [7, 11) is 0. The van der Waals surface area contributed by atoms with Crippen LogP contribution in [0.25, 0.3) is 11.2 Å². The molecule has 2 aromatic heterocycles. The number of rotatable bonds is 5. The Morgan fingerprint density at radius 1 is 1.44 bits per heavy atom. The predicted molar refractivity (Wildman–Crippen MR) is 78.9 cm³/mol. The van der Waals surface area contributed by atoms with Crippen molar-refractivity contribution in [2.45, 2.75) is 39.1 Å². The molecule has 5 heteroatoms. The molecule has 0 atom stereocenters. The lowest BCUT2D eigenvalue weighted by molar-refractivity contribution is 0.511. The predicted octanol–water partition coefficient (Wildman–Crippen LogP) is 4.37. The summed E-state index contributed by atoms with van der Waals surface area (Å²) in [6, 6.07) is 1.98. The van der Waals surface area contributed by atoms with Crippen LogP contribution in [0.15, 0.2) is 16.7 Å². The van der Waals surface area contributed by atoms with E-state index in [0.29, 0.717) is 5.88 Å². The molecule has 0 amide bonds. The number of pyridine rings is 1. The van der Waals surface area contributed by atoms with E-state index in [2.05, 4.69) is 44.3 Å². The fourth-order valence-electron chi connectivity index (χ4n) is 2.03. The van der Waals surface area contributed by atoms with Gasteiger partial charge in [-0.3, -0.25) is 0 Å². The highest BCUT2D eigenvalue weighted by molar-refractivity contribution is 9.10. The molecule has 0 spiro atoms. The maximum atomic E-state index is 5.96. The number of nitrogens with zero attached hydrogens (tertiary/aromatic N) is 3. The van der Waals surface area contributed by atoms with Gasteiger partial charge in [0.25, 0.3) is 0 Å². The number of hydrogen-bond acceptors (Lipinski definition) is 2. The molecule has 2 heterocycles. The lowest BCUT2D eigenvalue weighted by atomic mass is 10.1. The molecule has 0 saturated heterocycles. The zero-order valence-corrected chi connectivity index (χ0v) is 13.0. The lowest BCUT2D eigenvalue weighted by Gasteiger charge is -2.08. The van der Waals surface area contributed by atoms with Gasteiger partial charge in [-0.1, -0.05) is 13.8 Å². The van der Waals surface area contributed by atoms with E-state index in [4.69, 9.17) is 11.6 Å². The van der Waals surface area contributed by atoms with E-state index >= 15 is 0 Å². The Labute approximate surface area is 121 Å². The van der Waals surface area contributed by atoms with Gasteiger partial charge in [-0.15, -0.1) is 11.6 Å². The second-order valence-corrected chi connectivity index (χ2v) is 6.03. The van der Waals surface area contributed by atoms with E-state index in [-0.39, 0.29) is 0 Å². The Bertz CT molecular complexity index is 536. The standard InChI is InChI=1S/C13H17BrClN3/c1-9(2)4-3-5-18-12(7-15)17-11-6-10(14)8-16-13(11)18/h6,8-9H,3-5,7H2,1-2H3. The summed E-state index contributed by atoms with van der Waals surface area (Å²) in [6.45, 7) is 5.42. The van der Waals surface area contributed by atoms with Crippen LogP contribution in [-0.4, -0.2) is 14.5 Å². The monoisotopic (exact) mass is 329 g/mol. The molecule has 0 aliphatic carbocycles. The van der Waals surface area contributed by atoms with Crippen LogP contribution in [0.4, 0.5) is 0 Å². The molecule has 2 rings (SSSR count). The van der Waals surface area contributed by atoms with Gasteiger partial charge in [0.2, 0.25) is 0 Å². The smallest absolute Gasteiger partial charge is 0.160 e. The number of aryl methyl sites for hydroxylation is 1. The van der Waals surface area contributed by atoms with Crippen LogP contribution in [-0.2, 0) is 12.4 Å². The Kier molecular flexibility index (Phi) is 4.62. The van der Waals surface area contributed by atoms with Gasteiger partial charge in [-0.2, -0.15) is 0 Å². The maximum Gasteiger partial charge on any atom is 0.160 e. The summed E-state index contributed by atoms with van der Waals surface area (Å²) in [5.41, 5.74) is 1.84. The van der Waals surface area contributed by atoms with Crippen LogP contribution in [0.2, 0.25) is 0 Å². The Balaban J connectivity index is 2.29. The number of aromatic nitrogens is 3. The first kappa shape index (κ1) is 13.8. The van der Waals surface area contributed by atoms with Crippen molar-refractivity contribution in [3.8, 4) is 0 Å². The molecule has 0 N–H and O–H groups in total. The maximum absolute atomic E-state index is 5.96. The van der Waals surface area contributed by atoms with Gasteiger partial charge in [0.05, 0.1) is 5.88 Å². The average molecular weight is 331 g/mol. The molecule has 0 bridgehead atoms. The van der Waals surface area contributed by atoms with Gasteiger partial charge in [0.1, 0.15) is 11.3 Å². The van der Waals surface area contributed by atoms with Crippen molar-refractivity contribution in [3.05, 3.63) is 22.6 Å². The lowest BCUT2D eigenvalue weighted by Crippen LogP contribution is -2.04. The molecular weight excluding hydrogens is 314 g/mol. The van der Waals surface area contributed by atoms with Gasteiger partial charge in [-0.05, 0) is 40.8 Å². The van der Waals surface area contributed by atoms with E-state index < -0.39 is 0 Å². The fraction of sp³-hybridized carbons (Fsp3) is 0.538. The normalized spacial score (nSPS) is 11.6. The van der Waals surface area contributed by atoms with E-state index in [9.17, 15) is 0 Å². The van der Waals surface area contributed by atoms with Crippen LogP contribution in [0.5, 0.6) is 0 Å². The summed E-state index contributed by atoms with van der Waals surface area (Å²) in [5.74, 6) is 2.05. The summed E-state index contributed by atoms with van der Waals surface area (Å²) in [5, 5.41) is 0. The number of imidazole rings is 1. The van der Waals surface area contributed by atoms with Gasteiger partial charge in [0.15, 0.2) is 5.65 Å². The SMILES string of the molecule is CC(C)CCCn1c(CCl)nc2cc(Br)cnc21. The highest BCUT2D eigenvalue weighted by Crippen LogP contribution is 2.20. The number of hydrogen-bond donors (Lipinski definition) is 0. The molecule has 2 aromatic rings. The van der Waals surface area contributed by atoms with E-state index in [1.54, 1.807) is 6.20 Å². The molecule has 0 radical (unpaired) electrons. The average Bonchev–Trinajstić information content (AvgIpc) is 2.66. The Hall–Kier alpha value is -0.610. The molecule has 0 unspecified atom stereocenters. The van der Waals surface area contributed by atoms with Crippen molar-refractivity contribution in [2.75, 3.05) is 0 Å². The molecule has 0 aliphatic rings. The van der Waals surface area contributed by atoms with Gasteiger partial charge < -0.3 is 4.57 Å². The highest BCUT2D eigenvalue weighted by atomic mass is 79.9. The summed E-state index contributed by atoms with van der Waals surface area (Å²) < 4.78 is 3.08. The second kappa shape index (κ2) is 6.02. The first-order chi connectivity index (χ1) is 8.61. The third kappa shape index (κ3) is 3.04. The zero-order chi connectivity index (χ0) is 13.1. The Morgan fingerprint density at radius 3 is 2.89 bits per heavy atom. The summed E-state index contributed by atoms with van der Waals surface area (Å²) in [4.78, 5) is 8.97. The van der Waals surface area contributed by atoms with Gasteiger partial charge >= 0.3 is 0 Å². The topological polar surface area (TPSA) is 30.7 Å². The third-order valence-electron chi connectivity index (χ3n) is 2.91. The molecule has 98 valence electrons. The second-order valence-electron chi connectivity index (χ2n) is 4.85. The van der Waals surface area contributed by atoms with Crippen LogP contribution in [0.3, 0.4) is 0 Å².